The van der Waals surface area contributed by atoms with Gasteiger partial charge >= 0.3 is 0 Å². The molecule has 0 heterocycles. The van der Waals surface area contributed by atoms with E-state index in [0.29, 0.717) is 13.2 Å². The van der Waals surface area contributed by atoms with Gasteiger partial charge in [-0.3, -0.25) is 0 Å². The minimum absolute atomic E-state index is 0.698. The fourth-order valence-electron chi connectivity index (χ4n) is 1.22. The highest BCUT2D eigenvalue weighted by molar-refractivity contribution is 6.08. The summed E-state index contributed by atoms with van der Waals surface area (Å²) in [5, 5.41) is 0.989. The zero-order valence-electron chi connectivity index (χ0n) is 9.24. The van der Waals surface area contributed by atoms with Crippen molar-refractivity contribution in [3.63, 3.8) is 0 Å². The van der Waals surface area contributed by atoms with E-state index < -0.39 is 0 Å². The highest BCUT2D eigenvalue weighted by atomic mass is 27.0. The van der Waals surface area contributed by atoms with E-state index in [4.69, 9.17) is 9.47 Å². The van der Waals surface area contributed by atoms with Gasteiger partial charge in [0.05, 0.1) is 13.2 Å². The van der Waals surface area contributed by atoms with Crippen molar-refractivity contribution in [1.82, 2.24) is 0 Å². The summed E-state index contributed by atoms with van der Waals surface area (Å²) in [5.74, 6) is 0. The van der Waals surface area contributed by atoms with Crippen LogP contribution in [0.2, 0.25) is 5.28 Å². The van der Waals surface area contributed by atoms with Crippen molar-refractivity contribution in [1.29, 1.82) is 0 Å². The van der Waals surface area contributed by atoms with Crippen molar-refractivity contribution in [3.8, 4) is 0 Å². The third-order valence-corrected chi connectivity index (χ3v) is 2.26. The minimum Gasteiger partial charge on any atom is -0.378 e. The number of ether oxygens (including phenoxy) is 2. The van der Waals surface area contributed by atoms with E-state index in [1.54, 1.807) is 0 Å². The Morgan fingerprint density at radius 1 is 1.00 bits per heavy atom. The molecule has 0 spiro atoms. The largest absolute Gasteiger partial charge is 0.378 e. The molecule has 3 heteroatoms. The van der Waals surface area contributed by atoms with E-state index >= 15 is 0 Å². The molecule has 0 saturated heterocycles. The fourth-order valence-corrected chi connectivity index (χ4v) is 1.39. The van der Waals surface area contributed by atoms with Gasteiger partial charge < -0.3 is 9.47 Å². The van der Waals surface area contributed by atoms with Crippen molar-refractivity contribution < 1.29 is 9.47 Å². The lowest BCUT2D eigenvalue weighted by molar-refractivity contribution is 0.132. The highest BCUT2D eigenvalue weighted by Gasteiger charge is 1.94. The normalized spacial score (nSPS) is 10.5. The van der Waals surface area contributed by atoms with E-state index in [-0.39, 0.29) is 0 Å². The van der Waals surface area contributed by atoms with Crippen LogP contribution in [0.5, 0.6) is 0 Å². The number of rotatable bonds is 7. The molecule has 0 unspecified atom stereocenters. The molecule has 0 aliphatic rings. The molecule has 0 amide bonds. The maximum absolute atomic E-state index is 5.44. The molecule has 0 N–H and O–H groups in total. The van der Waals surface area contributed by atoms with Gasteiger partial charge in [0.1, 0.15) is 16.3 Å². The third-order valence-electron chi connectivity index (χ3n) is 2.03. The van der Waals surface area contributed by atoms with Gasteiger partial charge in [-0.1, -0.05) is 29.5 Å². The summed E-state index contributed by atoms with van der Waals surface area (Å²) < 4.78 is 10.8. The van der Waals surface area contributed by atoms with Gasteiger partial charge in [-0.2, -0.15) is 0 Å². The quantitative estimate of drug-likeness (QED) is 0.518. The summed E-state index contributed by atoms with van der Waals surface area (Å²) in [6.07, 6.45) is 0. The Kier molecular flexibility index (Phi) is 6.71. The van der Waals surface area contributed by atoms with Crippen molar-refractivity contribution >= 4 is 16.3 Å². The monoisotopic (exact) mass is 220 g/mol. The lowest BCUT2D eigenvalue weighted by Crippen LogP contribution is -1.96. The Morgan fingerprint density at radius 3 is 2.00 bits per heavy atom. The lowest BCUT2D eigenvalue weighted by atomic mass is 10.1. The number of hydrogen-bond acceptors (Lipinski definition) is 2. The summed E-state index contributed by atoms with van der Waals surface area (Å²) in [7, 11) is 0. The summed E-state index contributed by atoms with van der Waals surface area (Å²) in [6.45, 7) is 4.96. The van der Waals surface area contributed by atoms with Gasteiger partial charge in [0.2, 0.25) is 0 Å². The highest BCUT2D eigenvalue weighted by Crippen LogP contribution is 2.07. The van der Waals surface area contributed by atoms with Crippen LogP contribution < -0.4 is 0 Å². The topological polar surface area (TPSA) is 18.5 Å². The molecule has 0 aliphatic carbocycles. The second-order valence-electron chi connectivity index (χ2n) is 3.29. The van der Waals surface area contributed by atoms with Gasteiger partial charge in [0.15, 0.2) is 0 Å². The molecule has 1 rings (SSSR count). The van der Waals surface area contributed by atoms with Gasteiger partial charge in [-0.15, -0.1) is 0 Å². The Bertz CT molecular complexity index is 259. The Labute approximate surface area is 100 Å². The predicted octanol–water partition coefficient (Wildman–Crippen LogP) is 2.33. The molecule has 80 valence electrons. The number of benzene rings is 1. The average molecular weight is 220 g/mol. The van der Waals surface area contributed by atoms with Crippen LogP contribution in [-0.4, -0.2) is 29.5 Å². The first-order valence-electron chi connectivity index (χ1n) is 5.30. The predicted molar refractivity (Wildman–Crippen MR) is 62.0 cm³/mol. The van der Waals surface area contributed by atoms with Gasteiger partial charge in [0, 0.05) is 13.2 Å². The number of hydrogen-bond donors (Lipinski definition) is 0. The molecular formula is C12H17AlO2. The van der Waals surface area contributed by atoms with Crippen LogP contribution >= 0.6 is 0 Å². The maximum Gasteiger partial charge on any atom is 0.121 e. The molecular weight excluding hydrogens is 203 g/mol. The SMILES string of the molecule is CCOCc1ccc(COC[CH2][Al])cc1. The van der Waals surface area contributed by atoms with Crippen LogP contribution in [0.3, 0.4) is 0 Å². The van der Waals surface area contributed by atoms with E-state index in [2.05, 4.69) is 40.6 Å². The van der Waals surface area contributed by atoms with Crippen molar-refractivity contribution in [2.24, 2.45) is 0 Å². The molecule has 0 saturated carbocycles. The van der Waals surface area contributed by atoms with Gasteiger partial charge in [0.25, 0.3) is 0 Å². The van der Waals surface area contributed by atoms with E-state index in [1.807, 2.05) is 6.92 Å². The summed E-state index contributed by atoms with van der Waals surface area (Å²) in [5.41, 5.74) is 2.43. The Balaban J connectivity index is 2.35. The summed E-state index contributed by atoms with van der Waals surface area (Å²) >= 11 is 2.65. The average Bonchev–Trinajstić information content (AvgIpc) is 2.28. The third kappa shape index (κ3) is 5.34. The van der Waals surface area contributed by atoms with Crippen LogP contribution in [0.25, 0.3) is 0 Å². The molecule has 0 aliphatic heterocycles. The van der Waals surface area contributed by atoms with Gasteiger partial charge in [-0.05, 0) is 18.1 Å². The first kappa shape index (κ1) is 12.7. The maximum atomic E-state index is 5.44. The van der Waals surface area contributed by atoms with Crippen LogP contribution in [0.1, 0.15) is 18.1 Å². The molecule has 15 heavy (non-hydrogen) atoms. The Morgan fingerprint density at radius 2 is 1.53 bits per heavy atom. The molecule has 1 aromatic carbocycles. The van der Waals surface area contributed by atoms with Crippen molar-refractivity contribution in [2.75, 3.05) is 13.2 Å². The second-order valence-corrected chi connectivity index (χ2v) is 3.87. The van der Waals surface area contributed by atoms with Crippen LogP contribution in [0, 0.1) is 0 Å². The summed E-state index contributed by atoms with van der Waals surface area (Å²) in [4.78, 5) is 0. The molecule has 2 nitrogen and oxygen atoms in total. The fraction of sp³-hybridized carbons (Fsp3) is 0.500. The van der Waals surface area contributed by atoms with Gasteiger partial charge in [-0.25, -0.2) is 0 Å². The van der Waals surface area contributed by atoms with Crippen LogP contribution in [-0.2, 0) is 22.7 Å². The van der Waals surface area contributed by atoms with E-state index in [9.17, 15) is 0 Å². The van der Waals surface area contributed by atoms with E-state index in [0.717, 1.165) is 18.5 Å². The molecule has 0 aromatic heterocycles. The zero-order valence-corrected chi connectivity index (χ0v) is 10.4. The second kappa shape index (κ2) is 7.90. The molecule has 0 bridgehead atoms. The molecule has 0 atom stereocenters. The van der Waals surface area contributed by atoms with Crippen molar-refractivity contribution in [3.05, 3.63) is 35.4 Å². The summed E-state index contributed by atoms with van der Waals surface area (Å²) in [6, 6.07) is 8.37. The molecule has 1 aromatic rings. The molecule has 0 fully saturated rings. The minimum atomic E-state index is 0.698. The lowest BCUT2D eigenvalue weighted by Gasteiger charge is -2.05. The first-order chi connectivity index (χ1) is 7.36. The molecule has 2 radical (unpaired) electrons. The van der Waals surface area contributed by atoms with Crippen molar-refractivity contribution in [2.45, 2.75) is 25.4 Å². The Hall–Kier alpha value is -0.328. The van der Waals surface area contributed by atoms with Crippen LogP contribution in [0.15, 0.2) is 24.3 Å². The standard InChI is InChI=1S/C12H17O2.Al/c1-3-13-9-11-5-7-12(8-6-11)10-14-4-2;/h5-8H,1,3-4,9-10H2,2H3;. The smallest absolute Gasteiger partial charge is 0.121 e. The van der Waals surface area contributed by atoms with Crippen LogP contribution in [0.4, 0.5) is 0 Å². The first-order valence-corrected chi connectivity index (χ1v) is 6.12. The zero-order chi connectivity index (χ0) is 10.9. The van der Waals surface area contributed by atoms with E-state index in [1.165, 1.54) is 11.1 Å².